The fourth-order valence-electron chi connectivity index (χ4n) is 3.11. The van der Waals surface area contributed by atoms with Crippen LogP contribution in [-0.4, -0.2) is 34.2 Å². The summed E-state index contributed by atoms with van der Waals surface area (Å²) in [5, 5.41) is 0. The number of hydrogen-bond donors (Lipinski definition) is 0. The van der Waals surface area contributed by atoms with Crippen LogP contribution in [0.2, 0.25) is 0 Å². The number of methoxy groups -OCH3 is 1. The van der Waals surface area contributed by atoms with E-state index in [2.05, 4.69) is 11.9 Å². The number of carbonyl (C=O) groups excluding carboxylic acids is 2. The maximum atomic E-state index is 12.7. The number of unbranched alkanes of at least 4 members (excludes halogenated alkanes) is 2. The second kappa shape index (κ2) is 9.45. The molecule has 0 saturated carbocycles. The molecule has 2 rings (SSSR count). The number of imidazole rings is 1. The molecule has 0 aliphatic rings. The summed E-state index contributed by atoms with van der Waals surface area (Å²) >= 11 is 0. The quantitative estimate of drug-likeness (QED) is 0.441. The minimum atomic E-state index is -0.778. The van der Waals surface area contributed by atoms with E-state index in [1.165, 1.54) is 7.11 Å². The summed E-state index contributed by atoms with van der Waals surface area (Å²) in [6.45, 7) is 12.2. The SMILES string of the molecule is CCCCCn1cc(C(=O)OC)nc1-c1ccc(C(C)(C)C(=O)OC(C)(C)C)cc1. The number of aryl methyl sites for hydroxylation is 1. The highest BCUT2D eigenvalue weighted by atomic mass is 16.6. The lowest BCUT2D eigenvalue weighted by Gasteiger charge is -2.29. The molecule has 0 saturated heterocycles. The zero-order valence-corrected chi connectivity index (χ0v) is 19.2. The van der Waals surface area contributed by atoms with Crippen LogP contribution in [0.5, 0.6) is 0 Å². The molecule has 2 aromatic rings. The standard InChI is InChI=1S/C24H34N2O4/c1-8-9-10-15-26-16-19(21(27)29-7)25-20(26)17-11-13-18(14-12-17)24(5,6)22(28)30-23(2,3)4/h11-14,16H,8-10,15H2,1-7H3. The molecular formula is C24H34N2O4. The van der Waals surface area contributed by atoms with Crippen molar-refractivity contribution in [1.29, 1.82) is 0 Å². The van der Waals surface area contributed by atoms with Crippen molar-refractivity contribution in [2.24, 2.45) is 0 Å². The van der Waals surface area contributed by atoms with Crippen molar-refractivity contribution in [3.63, 3.8) is 0 Å². The van der Waals surface area contributed by atoms with Gasteiger partial charge in [0.15, 0.2) is 5.69 Å². The van der Waals surface area contributed by atoms with Crippen LogP contribution >= 0.6 is 0 Å². The smallest absolute Gasteiger partial charge is 0.358 e. The van der Waals surface area contributed by atoms with Crippen molar-refractivity contribution in [3.8, 4) is 11.4 Å². The third-order valence-electron chi connectivity index (χ3n) is 4.95. The number of nitrogens with zero attached hydrogens (tertiary/aromatic N) is 2. The maximum Gasteiger partial charge on any atom is 0.358 e. The lowest BCUT2D eigenvalue weighted by Crippen LogP contribution is -2.36. The third-order valence-corrected chi connectivity index (χ3v) is 4.95. The van der Waals surface area contributed by atoms with E-state index in [4.69, 9.17) is 9.47 Å². The van der Waals surface area contributed by atoms with E-state index in [1.807, 2.05) is 63.5 Å². The number of esters is 2. The van der Waals surface area contributed by atoms with E-state index >= 15 is 0 Å². The second-order valence-corrected chi connectivity index (χ2v) is 9.05. The topological polar surface area (TPSA) is 70.4 Å². The Balaban J connectivity index is 2.33. The molecule has 0 N–H and O–H groups in total. The van der Waals surface area contributed by atoms with Gasteiger partial charge < -0.3 is 14.0 Å². The van der Waals surface area contributed by atoms with Crippen molar-refractivity contribution in [3.05, 3.63) is 41.7 Å². The third kappa shape index (κ3) is 5.71. The fraction of sp³-hybridized carbons (Fsp3) is 0.542. The van der Waals surface area contributed by atoms with Crippen LogP contribution in [-0.2, 0) is 26.2 Å². The highest BCUT2D eigenvalue weighted by Gasteiger charge is 2.34. The van der Waals surface area contributed by atoms with E-state index in [9.17, 15) is 9.59 Å². The van der Waals surface area contributed by atoms with Crippen molar-refractivity contribution < 1.29 is 19.1 Å². The van der Waals surface area contributed by atoms with Crippen LogP contribution in [0.1, 0.15) is 76.9 Å². The lowest BCUT2D eigenvalue weighted by molar-refractivity contribution is -0.160. The summed E-state index contributed by atoms with van der Waals surface area (Å²) in [7, 11) is 1.35. The zero-order valence-electron chi connectivity index (χ0n) is 19.2. The lowest BCUT2D eigenvalue weighted by atomic mass is 9.84. The van der Waals surface area contributed by atoms with Crippen LogP contribution in [0.25, 0.3) is 11.4 Å². The molecule has 30 heavy (non-hydrogen) atoms. The van der Waals surface area contributed by atoms with Gasteiger partial charge in [0.25, 0.3) is 0 Å². The maximum absolute atomic E-state index is 12.7. The monoisotopic (exact) mass is 414 g/mol. The van der Waals surface area contributed by atoms with Gasteiger partial charge in [0.2, 0.25) is 0 Å². The van der Waals surface area contributed by atoms with Crippen LogP contribution in [0.15, 0.2) is 30.5 Å². The molecule has 0 spiro atoms. The summed E-state index contributed by atoms with van der Waals surface area (Å²) in [6, 6.07) is 7.70. The molecule has 164 valence electrons. The van der Waals surface area contributed by atoms with Crippen molar-refractivity contribution in [2.75, 3.05) is 7.11 Å². The molecule has 0 atom stereocenters. The first-order chi connectivity index (χ1) is 14.0. The Kier molecular flexibility index (Phi) is 7.45. The summed E-state index contributed by atoms with van der Waals surface area (Å²) in [4.78, 5) is 29.1. The van der Waals surface area contributed by atoms with Gasteiger partial charge in [0, 0.05) is 18.3 Å². The van der Waals surface area contributed by atoms with Gasteiger partial charge in [-0.2, -0.15) is 0 Å². The normalized spacial score (nSPS) is 12.0. The summed E-state index contributed by atoms with van der Waals surface area (Å²) < 4.78 is 12.4. The van der Waals surface area contributed by atoms with Crippen molar-refractivity contribution >= 4 is 11.9 Å². The number of carbonyl (C=O) groups is 2. The molecular weight excluding hydrogens is 380 g/mol. The van der Waals surface area contributed by atoms with E-state index in [1.54, 1.807) is 6.20 Å². The first kappa shape index (κ1) is 23.6. The van der Waals surface area contributed by atoms with Gasteiger partial charge in [-0.1, -0.05) is 44.0 Å². The summed E-state index contributed by atoms with van der Waals surface area (Å²) in [5.41, 5.74) is 0.715. The predicted molar refractivity (Wildman–Crippen MR) is 117 cm³/mol. The molecule has 0 unspecified atom stereocenters. The molecule has 6 heteroatoms. The minimum absolute atomic E-state index is 0.267. The average molecular weight is 415 g/mol. The van der Waals surface area contributed by atoms with Gasteiger partial charge >= 0.3 is 11.9 Å². The number of hydrogen-bond acceptors (Lipinski definition) is 5. The van der Waals surface area contributed by atoms with Crippen LogP contribution < -0.4 is 0 Å². The average Bonchev–Trinajstić information content (AvgIpc) is 3.10. The molecule has 0 radical (unpaired) electrons. The molecule has 0 bridgehead atoms. The molecule has 6 nitrogen and oxygen atoms in total. The molecule has 0 aliphatic heterocycles. The molecule has 1 heterocycles. The Morgan fingerprint density at radius 2 is 1.67 bits per heavy atom. The number of rotatable bonds is 8. The van der Waals surface area contributed by atoms with E-state index < -0.39 is 17.0 Å². The van der Waals surface area contributed by atoms with Gasteiger partial charge in [-0.3, -0.25) is 4.79 Å². The van der Waals surface area contributed by atoms with Gasteiger partial charge in [-0.05, 0) is 46.6 Å². The number of ether oxygens (including phenoxy) is 2. The first-order valence-corrected chi connectivity index (χ1v) is 10.5. The summed E-state index contributed by atoms with van der Waals surface area (Å²) in [5.74, 6) is -0.00177. The van der Waals surface area contributed by atoms with E-state index in [0.29, 0.717) is 11.5 Å². The predicted octanol–water partition coefficient (Wildman–Crippen LogP) is 5.15. The Morgan fingerprint density at radius 3 is 2.20 bits per heavy atom. The first-order valence-electron chi connectivity index (χ1n) is 10.5. The number of benzene rings is 1. The Labute approximate surface area is 179 Å². The molecule has 0 amide bonds. The molecule has 0 fully saturated rings. The van der Waals surface area contributed by atoms with Gasteiger partial charge in [-0.15, -0.1) is 0 Å². The Morgan fingerprint density at radius 1 is 1.03 bits per heavy atom. The Bertz CT molecular complexity index is 874. The zero-order chi connectivity index (χ0) is 22.5. The number of aromatic nitrogens is 2. The van der Waals surface area contributed by atoms with E-state index in [0.717, 1.165) is 36.9 Å². The van der Waals surface area contributed by atoms with E-state index in [-0.39, 0.29) is 5.97 Å². The van der Waals surface area contributed by atoms with Crippen molar-refractivity contribution in [1.82, 2.24) is 9.55 Å². The molecule has 0 aliphatic carbocycles. The largest absolute Gasteiger partial charge is 0.464 e. The minimum Gasteiger partial charge on any atom is -0.464 e. The van der Waals surface area contributed by atoms with Crippen LogP contribution in [0, 0.1) is 0 Å². The van der Waals surface area contributed by atoms with Crippen LogP contribution in [0.4, 0.5) is 0 Å². The Hall–Kier alpha value is -2.63. The van der Waals surface area contributed by atoms with Crippen molar-refractivity contribution in [2.45, 2.75) is 78.4 Å². The summed E-state index contributed by atoms with van der Waals surface area (Å²) in [6.07, 6.45) is 4.97. The van der Waals surface area contributed by atoms with Gasteiger partial charge in [0.1, 0.15) is 11.4 Å². The highest BCUT2D eigenvalue weighted by molar-refractivity contribution is 5.88. The van der Waals surface area contributed by atoms with Crippen LogP contribution in [0.3, 0.4) is 0 Å². The van der Waals surface area contributed by atoms with Gasteiger partial charge in [0.05, 0.1) is 12.5 Å². The molecule has 1 aromatic heterocycles. The highest BCUT2D eigenvalue weighted by Crippen LogP contribution is 2.29. The molecule has 1 aromatic carbocycles. The van der Waals surface area contributed by atoms with Gasteiger partial charge in [-0.25, -0.2) is 9.78 Å². The fourth-order valence-corrected chi connectivity index (χ4v) is 3.11. The second-order valence-electron chi connectivity index (χ2n) is 9.05.